The molecule has 1 aromatic heterocycles. The highest BCUT2D eigenvalue weighted by Gasteiger charge is 2.13. The molecule has 1 heterocycles. The van der Waals surface area contributed by atoms with Crippen LogP contribution in [0.25, 0.3) is 0 Å². The summed E-state index contributed by atoms with van der Waals surface area (Å²) in [5.41, 5.74) is 1.69. The van der Waals surface area contributed by atoms with Crippen molar-refractivity contribution in [2.75, 3.05) is 6.54 Å². The van der Waals surface area contributed by atoms with Gasteiger partial charge in [0.25, 0.3) is 5.91 Å². The van der Waals surface area contributed by atoms with E-state index in [0.29, 0.717) is 12.1 Å². The van der Waals surface area contributed by atoms with E-state index in [0.717, 1.165) is 5.56 Å². The molecule has 1 rings (SSSR count). The van der Waals surface area contributed by atoms with Crippen LogP contribution in [0.15, 0.2) is 10.8 Å². The van der Waals surface area contributed by atoms with Crippen LogP contribution in [0.5, 0.6) is 0 Å². The zero-order chi connectivity index (χ0) is 11.4. The largest absolute Gasteiger partial charge is 0.391 e. The first kappa shape index (κ1) is 12.2. The topological polar surface area (TPSA) is 49.3 Å². The van der Waals surface area contributed by atoms with Crippen molar-refractivity contribution in [1.82, 2.24) is 5.32 Å². The summed E-state index contributed by atoms with van der Waals surface area (Å²) in [7, 11) is 0. The fraction of sp³-hybridized carbons (Fsp3) is 0.545. The molecule has 0 aromatic carbocycles. The predicted octanol–water partition coefficient (Wildman–Crippen LogP) is 1.80. The van der Waals surface area contributed by atoms with Crippen molar-refractivity contribution in [1.29, 1.82) is 0 Å². The minimum atomic E-state index is -0.479. The van der Waals surface area contributed by atoms with Crippen LogP contribution in [-0.4, -0.2) is 23.7 Å². The Kier molecular flexibility index (Phi) is 4.29. The molecule has 0 fully saturated rings. The Bertz CT molecular complexity index is 333. The van der Waals surface area contributed by atoms with Crippen molar-refractivity contribution >= 4 is 17.2 Å². The molecule has 0 spiro atoms. The number of aliphatic hydroxyl groups excluding tert-OH is 1. The number of carbonyl (C=O) groups excluding carboxylic acids is 1. The quantitative estimate of drug-likeness (QED) is 0.824. The van der Waals surface area contributed by atoms with Crippen LogP contribution in [-0.2, 0) is 0 Å². The second kappa shape index (κ2) is 5.28. The van der Waals surface area contributed by atoms with Gasteiger partial charge in [0.1, 0.15) is 0 Å². The van der Waals surface area contributed by atoms with E-state index in [4.69, 9.17) is 0 Å². The fourth-order valence-corrected chi connectivity index (χ4v) is 1.95. The Morgan fingerprint density at radius 1 is 1.53 bits per heavy atom. The van der Waals surface area contributed by atoms with Crippen LogP contribution in [0, 0.1) is 12.8 Å². The number of hydrogen-bond acceptors (Lipinski definition) is 3. The Labute approximate surface area is 94.1 Å². The van der Waals surface area contributed by atoms with E-state index in [1.54, 1.807) is 0 Å². The van der Waals surface area contributed by atoms with E-state index in [1.165, 1.54) is 11.3 Å². The van der Waals surface area contributed by atoms with Gasteiger partial charge in [-0.3, -0.25) is 4.79 Å². The van der Waals surface area contributed by atoms with E-state index in [-0.39, 0.29) is 11.8 Å². The Morgan fingerprint density at radius 3 is 2.67 bits per heavy atom. The van der Waals surface area contributed by atoms with E-state index in [9.17, 15) is 9.90 Å². The van der Waals surface area contributed by atoms with Gasteiger partial charge in [0, 0.05) is 11.9 Å². The molecule has 2 N–H and O–H groups in total. The number of aryl methyl sites for hydroxylation is 1. The van der Waals surface area contributed by atoms with Gasteiger partial charge in [-0.1, -0.05) is 13.8 Å². The van der Waals surface area contributed by atoms with Gasteiger partial charge in [0.05, 0.1) is 11.7 Å². The molecule has 84 valence electrons. The van der Waals surface area contributed by atoms with Crippen molar-refractivity contribution in [3.63, 3.8) is 0 Å². The summed E-state index contributed by atoms with van der Waals surface area (Å²) < 4.78 is 0. The average molecular weight is 227 g/mol. The molecule has 0 saturated heterocycles. The van der Waals surface area contributed by atoms with Gasteiger partial charge in [-0.05, 0) is 23.8 Å². The SMILES string of the molecule is Cc1cscc1C(=O)NCC(O)C(C)C. The maximum Gasteiger partial charge on any atom is 0.252 e. The fourth-order valence-electron chi connectivity index (χ4n) is 1.12. The van der Waals surface area contributed by atoms with Crippen molar-refractivity contribution in [3.05, 3.63) is 21.9 Å². The number of aliphatic hydroxyl groups is 1. The van der Waals surface area contributed by atoms with Crippen LogP contribution in [0.3, 0.4) is 0 Å². The van der Waals surface area contributed by atoms with Gasteiger partial charge < -0.3 is 10.4 Å². The van der Waals surface area contributed by atoms with Gasteiger partial charge in [0.15, 0.2) is 0 Å². The summed E-state index contributed by atoms with van der Waals surface area (Å²) in [4.78, 5) is 11.6. The first-order valence-corrected chi connectivity index (χ1v) is 5.95. The molecule has 3 nitrogen and oxygen atoms in total. The summed E-state index contributed by atoms with van der Waals surface area (Å²) in [6, 6.07) is 0. The predicted molar refractivity (Wildman–Crippen MR) is 62.2 cm³/mol. The zero-order valence-electron chi connectivity index (χ0n) is 9.28. The third-order valence-electron chi connectivity index (χ3n) is 2.34. The Balaban J connectivity index is 2.47. The van der Waals surface area contributed by atoms with Crippen molar-refractivity contribution in [2.24, 2.45) is 5.92 Å². The first-order chi connectivity index (χ1) is 7.02. The molecular formula is C11H17NO2S. The van der Waals surface area contributed by atoms with E-state index in [2.05, 4.69) is 5.32 Å². The maximum atomic E-state index is 11.6. The molecule has 1 aromatic rings. The monoisotopic (exact) mass is 227 g/mol. The number of carbonyl (C=O) groups is 1. The molecule has 0 saturated carbocycles. The molecule has 1 unspecified atom stereocenters. The molecule has 0 aliphatic heterocycles. The van der Waals surface area contributed by atoms with Crippen LogP contribution in [0.1, 0.15) is 29.8 Å². The Hall–Kier alpha value is -0.870. The van der Waals surface area contributed by atoms with Gasteiger partial charge in [-0.2, -0.15) is 11.3 Å². The minimum Gasteiger partial charge on any atom is -0.391 e. The van der Waals surface area contributed by atoms with Gasteiger partial charge in [0.2, 0.25) is 0 Å². The highest BCUT2D eigenvalue weighted by atomic mass is 32.1. The number of rotatable bonds is 4. The third-order valence-corrected chi connectivity index (χ3v) is 3.20. The van der Waals surface area contributed by atoms with Gasteiger partial charge in [-0.25, -0.2) is 0 Å². The van der Waals surface area contributed by atoms with Crippen molar-refractivity contribution in [2.45, 2.75) is 26.9 Å². The smallest absolute Gasteiger partial charge is 0.252 e. The van der Waals surface area contributed by atoms with Crippen molar-refractivity contribution in [3.8, 4) is 0 Å². The van der Waals surface area contributed by atoms with Crippen LogP contribution < -0.4 is 5.32 Å². The molecule has 0 aliphatic carbocycles. The summed E-state index contributed by atoms with van der Waals surface area (Å²) in [6.07, 6.45) is -0.479. The molecule has 4 heteroatoms. The van der Waals surface area contributed by atoms with Crippen LogP contribution >= 0.6 is 11.3 Å². The lowest BCUT2D eigenvalue weighted by Crippen LogP contribution is -2.34. The normalized spacial score (nSPS) is 12.9. The van der Waals surface area contributed by atoms with E-state index < -0.39 is 6.10 Å². The summed E-state index contributed by atoms with van der Waals surface area (Å²) in [6.45, 7) is 6.06. The second-order valence-corrected chi connectivity index (χ2v) is 4.73. The number of hydrogen-bond donors (Lipinski definition) is 2. The number of thiophene rings is 1. The van der Waals surface area contributed by atoms with Crippen molar-refractivity contribution < 1.29 is 9.90 Å². The minimum absolute atomic E-state index is 0.103. The lowest BCUT2D eigenvalue weighted by molar-refractivity contribution is 0.0871. The van der Waals surface area contributed by atoms with E-state index in [1.807, 2.05) is 31.5 Å². The molecule has 0 bridgehead atoms. The molecular weight excluding hydrogens is 210 g/mol. The maximum absolute atomic E-state index is 11.6. The van der Waals surface area contributed by atoms with Crippen LogP contribution in [0.2, 0.25) is 0 Å². The lowest BCUT2D eigenvalue weighted by Gasteiger charge is -2.14. The third kappa shape index (κ3) is 3.32. The summed E-state index contributed by atoms with van der Waals surface area (Å²) >= 11 is 1.51. The highest BCUT2D eigenvalue weighted by Crippen LogP contribution is 2.13. The molecule has 0 radical (unpaired) electrons. The Morgan fingerprint density at radius 2 is 2.20 bits per heavy atom. The zero-order valence-corrected chi connectivity index (χ0v) is 10.1. The summed E-state index contributed by atoms with van der Waals surface area (Å²) in [5.74, 6) is 0.0577. The van der Waals surface area contributed by atoms with E-state index >= 15 is 0 Å². The second-order valence-electron chi connectivity index (χ2n) is 3.99. The summed E-state index contributed by atoms with van der Waals surface area (Å²) in [5, 5.41) is 16.0. The molecule has 0 aliphatic rings. The number of nitrogens with one attached hydrogen (secondary N) is 1. The molecule has 1 atom stereocenters. The standard InChI is InChI=1S/C11H17NO2S/c1-7(2)10(13)4-12-11(14)9-6-15-5-8(9)3/h5-7,10,13H,4H2,1-3H3,(H,12,14). The first-order valence-electron chi connectivity index (χ1n) is 5.01. The average Bonchev–Trinajstić information content (AvgIpc) is 2.60. The molecule has 15 heavy (non-hydrogen) atoms. The van der Waals surface area contributed by atoms with Gasteiger partial charge in [-0.15, -0.1) is 0 Å². The van der Waals surface area contributed by atoms with Gasteiger partial charge >= 0.3 is 0 Å². The highest BCUT2D eigenvalue weighted by molar-refractivity contribution is 7.08. The van der Waals surface area contributed by atoms with Crippen LogP contribution in [0.4, 0.5) is 0 Å². The number of amides is 1. The molecule has 1 amide bonds. The lowest BCUT2D eigenvalue weighted by atomic mass is 10.1.